The molecular weight excluding hydrogens is 773 g/mol. The van der Waals surface area contributed by atoms with Crippen molar-refractivity contribution < 1.29 is 0 Å². The number of rotatable bonds is 9. The zero-order valence-corrected chi connectivity index (χ0v) is 35.0. The summed E-state index contributed by atoms with van der Waals surface area (Å²) in [7, 11) is 0. The maximum Gasteiger partial charge on any atom is 0.0998 e. The summed E-state index contributed by atoms with van der Waals surface area (Å²) >= 11 is 0. The Hall–Kier alpha value is -8.82. The van der Waals surface area contributed by atoms with Gasteiger partial charge in [0.1, 0.15) is 0 Å². The highest BCUT2D eigenvalue weighted by Crippen LogP contribution is 2.41. The van der Waals surface area contributed by atoms with E-state index in [1.165, 1.54) is 0 Å². The summed E-state index contributed by atoms with van der Waals surface area (Å²) in [6.07, 6.45) is 0. The molecule has 0 saturated heterocycles. The molecule has 0 aromatic heterocycles. The Kier molecular flexibility index (Phi) is 10.8. The molecule has 10 aromatic carbocycles. The third-order valence-corrected chi connectivity index (χ3v) is 11.9. The van der Waals surface area contributed by atoms with Crippen molar-refractivity contribution in [2.75, 3.05) is 0 Å². The van der Waals surface area contributed by atoms with Crippen LogP contribution in [0.1, 0.15) is 11.1 Å². The van der Waals surface area contributed by atoms with Crippen LogP contribution in [0, 0.1) is 22.7 Å². The van der Waals surface area contributed by atoms with E-state index in [2.05, 4.69) is 206 Å². The number of benzene rings is 10. The monoisotopic (exact) mass is 812 g/mol. The second kappa shape index (κ2) is 17.6. The van der Waals surface area contributed by atoms with Crippen molar-refractivity contribution in [1.29, 1.82) is 10.5 Å². The van der Waals surface area contributed by atoms with Crippen molar-refractivity contribution in [1.82, 2.24) is 0 Å². The smallest absolute Gasteiger partial charge is 0.0998 e. The van der Waals surface area contributed by atoms with Gasteiger partial charge in [0.25, 0.3) is 0 Å². The molecule has 0 atom stereocenters. The maximum atomic E-state index is 9.96. The van der Waals surface area contributed by atoms with Gasteiger partial charge in [-0.1, -0.05) is 164 Å². The van der Waals surface area contributed by atoms with Crippen LogP contribution in [0.2, 0.25) is 0 Å². The van der Waals surface area contributed by atoms with Gasteiger partial charge in [0.15, 0.2) is 0 Å². The van der Waals surface area contributed by atoms with Gasteiger partial charge in [-0.05, 0) is 179 Å². The van der Waals surface area contributed by atoms with Crippen LogP contribution in [-0.4, -0.2) is 0 Å². The molecule has 0 N–H and O–H groups in total. The van der Waals surface area contributed by atoms with Gasteiger partial charge in [-0.25, -0.2) is 0 Å². The van der Waals surface area contributed by atoms with Crippen LogP contribution in [0.15, 0.2) is 243 Å². The lowest BCUT2D eigenvalue weighted by Crippen LogP contribution is -1.91. The largest absolute Gasteiger partial charge is 0.192 e. The van der Waals surface area contributed by atoms with Gasteiger partial charge in [-0.15, -0.1) is 0 Å². The van der Waals surface area contributed by atoms with Crippen LogP contribution in [-0.2, 0) is 0 Å². The number of nitrogens with zero attached hydrogens (tertiary/aromatic N) is 2. The highest BCUT2D eigenvalue weighted by Gasteiger charge is 2.15. The Morgan fingerprint density at radius 2 is 0.406 bits per heavy atom. The topological polar surface area (TPSA) is 47.6 Å². The zero-order chi connectivity index (χ0) is 43.2. The average molecular weight is 813 g/mol. The average Bonchev–Trinajstić information content (AvgIpc) is 3.39. The molecule has 0 heterocycles. The minimum Gasteiger partial charge on any atom is -0.192 e. The van der Waals surface area contributed by atoms with Crippen molar-refractivity contribution in [2.24, 2.45) is 0 Å². The molecule has 0 radical (unpaired) electrons. The van der Waals surface area contributed by atoms with E-state index in [-0.39, 0.29) is 0 Å². The Bertz CT molecular complexity index is 3180. The van der Waals surface area contributed by atoms with E-state index in [9.17, 15) is 10.5 Å². The summed E-state index contributed by atoms with van der Waals surface area (Å²) in [5.41, 5.74) is 20.6. The Balaban J connectivity index is 1.17. The number of hydrogen-bond donors (Lipinski definition) is 0. The van der Waals surface area contributed by atoms with Crippen LogP contribution in [0.4, 0.5) is 0 Å². The van der Waals surface area contributed by atoms with Crippen LogP contribution < -0.4 is 0 Å². The van der Waals surface area contributed by atoms with Crippen LogP contribution >= 0.6 is 0 Å². The summed E-state index contributed by atoms with van der Waals surface area (Å²) < 4.78 is 0. The van der Waals surface area contributed by atoms with E-state index in [1.54, 1.807) is 0 Å². The normalized spacial score (nSPS) is 10.8. The van der Waals surface area contributed by atoms with E-state index in [0.717, 1.165) is 100 Å². The van der Waals surface area contributed by atoms with Crippen molar-refractivity contribution in [3.05, 3.63) is 254 Å². The molecule has 0 bridgehead atoms. The molecule has 0 aliphatic heterocycles. The molecule has 2 heteroatoms. The molecule has 0 spiro atoms. The quantitative estimate of drug-likeness (QED) is 0.146. The van der Waals surface area contributed by atoms with Crippen molar-refractivity contribution in [3.63, 3.8) is 0 Å². The summed E-state index contributed by atoms with van der Waals surface area (Å²) in [5, 5.41) is 19.9. The van der Waals surface area contributed by atoms with Crippen LogP contribution in [0.25, 0.3) is 100 Å². The molecular formula is C62H40N2. The summed E-state index contributed by atoms with van der Waals surface area (Å²) in [5.74, 6) is 0. The molecule has 0 aliphatic rings. The molecule has 0 amide bonds. The zero-order valence-electron chi connectivity index (χ0n) is 35.0. The van der Waals surface area contributed by atoms with Gasteiger partial charge in [0.05, 0.1) is 23.3 Å². The van der Waals surface area contributed by atoms with Gasteiger partial charge in [-0.2, -0.15) is 10.5 Å². The van der Waals surface area contributed by atoms with Crippen molar-refractivity contribution >= 4 is 0 Å². The van der Waals surface area contributed by atoms with Crippen molar-refractivity contribution in [3.8, 4) is 112 Å². The molecule has 0 unspecified atom stereocenters. The molecule has 64 heavy (non-hydrogen) atoms. The fraction of sp³-hybridized carbons (Fsp3) is 0. The first kappa shape index (κ1) is 39.3. The summed E-state index contributed by atoms with van der Waals surface area (Å²) in [6.45, 7) is 0. The predicted octanol–water partition coefficient (Wildman–Crippen LogP) is 16.4. The lowest BCUT2D eigenvalue weighted by Gasteiger charge is -2.16. The summed E-state index contributed by atoms with van der Waals surface area (Å²) in [4.78, 5) is 0. The Morgan fingerprint density at radius 3 is 0.719 bits per heavy atom. The number of nitriles is 2. The SMILES string of the molecule is N#Cc1ccccc1-c1cccc(-c2cc(-c3ccccc3)cc(-c3cc(-c4ccccc4)cc(-c4cc(-c5ccccc5)cc(-c5cccc(-c6ccccc6C#N)c5)c4)c3)c2)c1. The van der Waals surface area contributed by atoms with Gasteiger partial charge < -0.3 is 0 Å². The van der Waals surface area contributed by atoms with E-state index in [4.69, 9.17) is 0 Å². The van der Waals surface area contributed by atoms with Gasteiger partial charge >= 0.3 is 0 Å². The molecule has 2 nitrogen and oxygen atoms in total. The molecule has 0 saturated carbocycles. The molecule has 0 fully saturated rings. The van der Waals surface area contributed by atoms with E-state index >= 15 is 0 Å². The highest BCUT2D eigenvalue weighted by atomic mass is 14.3. The maximum absolute atomic E-state index is 9.96. The predicted molar refractivity (Wildman–Crippen MR) is 265 cm³/mol. The Labute approximate surface area is 374 Å². The Morgan fingerprint density at radius 1 is 0.188 bits per heavy atom. The molecule has 0 aliphatic carbocycles. The lowest BCUT2D eigenvalue weighted by molar-refractivity contribution is 1.48. The van der Waals surface area contributed by atoms with E-state index in [1.807, 2.05) is 48.5 Å². The minimum atomic E-state index is 0.653. The first-order chi connectivity index (χ1) is 31.6. The minimum absolute atomic E-state index is 0.653. The summed E-state index contributed by atoms with van der Waals surface area (Å²) in [6, 6.07) is 89.8. The molecule has 10 rings (SSSR count). The van der Waals surface area contributed by atoms with Gasteiger partial charge in [-0.3, -0.25) is 0 Å². The standard InChI is InChI=1S/C62H40N2/c63-41-50-22-10-12-28-61(50)48-26-14-24-46(30-48)55-32-52(43-16-4-1-5-17-43)34-57(38-55)59-36-54(45-20-8-3-9-21-45)37-60(40-59)58-35-53(44-18-6-2-7-19-44)33-56(39-58)47-25-15-27-49(31-47)62-29-13-11-23-51(62)42-64/h1-40H. The first-order valence-electron chi connectivity index (χ1n) is 21.4. The second-order valence-corrected chi connectivity index (χ2v) is 16.0. The van der Waals surface area contributed by atoms with Crippen molar-refractivity contribution in [2.45, 2.75) is 0 Å². The van der Waals surface area contributed by atoms with Gasteiger partial charge in [0.2, 0.25) is 0 Å². The highest BCUT2D eigenvalue weighted by molar-refractivity contribution is 5.90. The second-order valence-electron chi connectivity index (χ2n) is 16.0. The number of hydrogen-bond acceptors (Lipinski definition) is 2. The third-order valence-electron chi connectivity index (χ3n) is 11.9. The van der Waals surface area contributed by atoms with Crippen LogP contribution in [0.5, 0.6) is 0 Å². The fourth-order valence-electron chi connectivity index (χ4n) is 8.67. The first-order valence-corrected chi connectivity index (χ1v) is 21.4. The fourth-order valence-corrected chi connectivity index (χ4v) is 8.67. The van der Waals surface area contributed by atoms with E-state index in [0.29, 0.717) is 11.1 Å². The third kappa shape index (κ3) is 8.16. The van der Waals surface area contributed by atoms with E-state index < -0.39 is 0 Å². The molecule has 10 aromatic rings. The lowest BCUT2D eigenvalue weighted by atomic mass is 9.87. The molecule has 298 valence electrons. The van der Waals surface area contributed by atoms with Gasteiger partial charge in [0, 0.05) is 0 Å². The van der Waals surface area contributed by atoms with Crippen LogP contribution in [0.3, 0.4) is 0 Å².